The van der Waals surface area contributed by atoms with Crippen molar-refractivity contribution in [1.82, 2.24) is 10.0 Å². The first kappa shape index (κ1) is 54.8. The molecule has 10 nitrogen and oxygen atoms in total. The number of hydrazine groups is 1. The molecule has 2 saturated heterocycles. The Morgan fingerprint density at radius 3 is 0.879 bits per heavy atom. The van der Waals surface area contributed by atoms with Crippen molar-refractivity contribution in [2.75, 3.05) is 26.4 Å². The van der Waals surface area contributed by atoms with Gasteiger partial charge in [-0.15, -0.1) is 0 Å². The smallest absolute Gasteiger partial charge is 0.325 e. The number of carbonyl (C=O) groups is 4. The lowest BCUT2D eigenvalue weighted by Gasteiger charge is -2.32. The highest BCUT2D eigenvalue weighted by Gasteiger charge is 2.69. The van der Waals surface area contributed by atoms with Gasteiger partial charge >= 0.3 is 23.9 Å². The second-order valence-corrected chi connectivity index (χ2v) is 19.2. The van der Waals surface area contributed by atoms with Crippen molar-refractivity contribution in [2.45, 2.75) is 220 Å². The maximum atomic E-state index is 15.0. The van der Waals surface area contributed by atoms with Crippen LogP contribution < -0.4 is 0 Å². The van der Waals surface area contributed by atoms with Crippen LogP contribution in [0.5, 0.6) is 0 Å². The number of nitrogens with zero attached hydrogens (tertiary/aromatic N) is 2. The molecule has 0 spiro atoms. The Hall–Kier alpha value is -3.76. The number of hydrogen-bond acceptors (Lipinski definition) is 10. The van der Waals surface area contributed by atoms with E-state index in [0.717, 1.165) is 125 Å². The Labute approximate surface area is 399 Å². The summed E-state index contributed by atoms with van der Waals surface area (Å²) in [5.41, 5.74) is 3.51. The molecule has 2 fully saturated rings. The fraction of sp³-hybridized carbons (Fsp3) is 0.714. The molecule has 0 bridgehead atoms. The minimum Gasteiger partial charge on any atom is -0.465 e. The molecule has 10 heteroatoms. The Bertz CT molecular complexity index is 1560. The van der Waals surface area contributed by atoms with Crippen LogP contribution in [0.25, 0.3) is 0 Å². The first-order chi connectivity index (χ1) is 32.2. The first-order valence-corrected chi connectivity index (χ1v) is 26.6. The summed E-state index contributed by atoms with van der Waals surface area (Å²) in [4.78, 5) is 59.9. The summed E-state index contributed by atoms with van der Waals surface area (Å²) < 4.78 is 24.7. The Kier molecular flexibility index (Phi) is 26.0. The van der Waals surface area contributed by atoms with E-state index in [1.165, 1.54) is 25.7 Å². The Morgan fingerprint density at radius 2 is 0.606 bits per heavy atom. The summed E-state index contributed by atoms with van der Waals surface area (Å²) in [5.74, 6) is -4.33. The molecule has 6 atom stereocenters. The average Bonchev–Trinajstić information content (AvgIpc) is 3.84. The van der Waals surface area contributed by atoms with Gasteiger partial charge in [0.25, 0.3) is 0 Å². The highest BCUT2D eigenvalue weighted by Crippen LogP contribution is 2.56. The van der Waals surface area contributed by atoms with Crippen LogP contribution in [0.15, 0.2) is 48.5 Å². The molecular weight excluding hydrogens is 829 g/mol. The van der Waals surface area contributed by atoms with E-state index in [1.807, 2.05) is 72.4 Å². The van der Waals surface area contributed by atoms with Crippen LogP contribution in [0.2, 0.25) is 0 Å². The van der Waals surface area contributed by atoms with E-state index in [-0.39, 0.29) is 26.4 Å². The van der Waals surface area contributed by atoms with Crippen molar-refractivity contribution in [1.29, 1.82) is 0 Å². The molecular formula is C56H88N2O8. The molecule has 0 radical (unpaired) electrons. The molecule has 2 aliphatic rings. The van der Waals surface area contributed by atoms with E-state index < -0.39 is 59.9 Å². The summed E-state index contributed by atoms with van der Waals surface area (Å²) in [6.07, 6.45) is 24.6. The Morgan fingerprint density at radius 1 is 0.364 bits per heavy atom. The predicted molar refractivity (Wildman–Crippen MR) is 263 cm³/mol. The lowest BCUT2D eigenvalue weighted by molar-refractivity contribution is -0.163. The van der Waals surface area contributed by atoms with Crippen LogP contribution >= 0.6 is 0 Å². The lowest BCUT2D eigenvalue weighted by atomic mass is 9.82. The highest BCUT2D eigenvalue weighted by atomic mass is 16.6. The summed E-state index contributed by atoms with van der Waals surface area (Å²) in [6.45, 7) is 13.6. The van der Waals surface area contributed by atoms with E-state index in [2.05, 4.69) is 27.7 Å². The number of ether oxygens (including phenoxy) is 4. The second-order valence-electron chi connectivity index (χ2n) is 19.2. The molecule has 4 rings (SSSR count). The van der Waals surface area contributed by atoms with E-state index in [1.54, 1.807) is 0 Å². The summed E-state index contributed by atoms with van der Waals surface area (Å²) in [6, 6.07) is 11.6. The van der Waals surface area contributed by atoms with Crippen molar-refractivity contribution in [3.8, 4) is 0 Å². The largest absolute Gasteiger partial charge is 0.465 e. The first-order valence-electron chi connectivity index (χ1n) is 26.6. The normalized spacial score (nSPS) is 20.6. The number of aryl methyl sites for hydroxylation is 2. The predicted octanol–water partition coefficient (Wildman–Crippen LogP) is 13.2. The van der Waals surface area contributed by atoms with Gasteiger partial charge in [-0.3, -0.25) is 19.2 Å². The summed E-state index contributed by atoms with van der Waals surface area (Å²) in [7, 11) is 0. The molecule has 370 valence electrons. The van der Waals surface area contributed by atoms with Gasteiger partial charge in [0.1, 0.15) is 23.9 Å². The zero-order chi connectivity index (χ0) is 47.5. The molecule has 0 N–H and O–H groups in total. The topological polar surface area (TPSA) is 112 Å². The van der Waals surface area contributed by atoms with Crippen molar-refractivity contribution in [3.05, 3.63) is 70.8 Å². The number of hydrogen-bond donors (Lipinski definition) is 0. The van der Waals surface area contributed by atoms with Gasteiger partial charge in [0, 0.05) is 0 Å². The van der Waals surface area contributed by atoms with Gasteiger partial charge in [-0.05, 0) is 50.7 Å². The van der Waals surface area contributed by atoms with Gasteiger partial charge in [0.15, 0.2) is 0 Å². The number of esters is 4. The van der Waals surface area contributed by atoms with E-state index >= 15 is 9.59 Å². The molecule has 0 amide bonds. The van der Waals surface area contributed by atoms with Crippen LogP contribution in [-0.4, -0.2) is 72.4 Å². The molecule has 66 heavy (non-hydrogen) atoms. The molecule has 0 aliphatic carbocycles. The maximum absolute atomic E-state index is 15.0. The number of fused-ring (bicyclic) bond motifs is 1. The molecule has 2 aromatic rings. The number of unbranched alkanes of at least 4 members (excludes halogenated alkanes) is 20. The maximum Gasteiger partial charge on any atom is 0.325 e. The fourth-order valence-electron chi connectivity index (χ4n) is 9.78. The molecule has 2 aliphatic heterocycles. The van der Waals surface area contributed by atoms with E-state index in [9.17, 15) is 9.59 Å². The molecule has 2 aromatic carbocycles. The van der Waals surface area contributed by atoms with Crippen LogP contribution in [0.1, 0.15) is 216 Å². The lowest BCUT2D eigenvalue weighted by Crippen LogP contribution is -2.47. The highest BCUT2D eigenvalue weighted by molar-refractivity contribution is 5.90. The van der Waals surface area contributed by atoms with Gasteiger partial charge in [-0.2, -0.15) is 0 Å². The van der Waals surface area contributed by atoms with Crippen molar-refractivity contribution in [2.24, 2.45) is 11.8 Å². The monoisotopic (exact) mass is 917 g/mol. The van der Waals surface area contributed by atoms with Gasteiger partial charge in [-0.1, -0.05) is 216 Å². The summed E-state index contributed by atoms with van der Waals surface area (Å²) in [5, 5.41) is 3.67. The third-order valence-corrected chi connectivity index (χ3v) is 13.6. The average molecular weight is 917 g/mol. The van der Waals surface area contributed by atoms with E-state index in [4.69, 9.17) is 18.9 Å². The van der Waals surface area contributed by atoms with Crippen LogP contribution in [0, 0.1) is 25.7 Å². The zero-order valence-electron chi connectivity index (χ0n) is 42.0. The quantitative estimate of drug-likeness (QED) is 0.0382. The number of rotatable bonds is 34. The third kappa shape index (κ3) is 16.8. The number of benzene rings is 2. The van der Waals surface area contributed by atoms with Gasteiger partial charge < -0.3 is 18.9 Å². The van der Waals surface area contributed by atoms with E-state index in [0.29, 0.717) is 25.7 Å². The minimum atomic E-state index is -1.20. The molecule has 2 heterocycles. The van der Waals surface area contributed by atoms with Gasteiger partial charge in [0.05, 0.1) is 38.5 Å². The zero-order valence-corrected chi connectivity index (χ0v) is 42.0. The molecule has 0 aromatic heterocycles. The van der Waals surface area contributed by atoms with Crippen LogP contribution in [-0.2, 0) is 38.1 Å². The molecule has 0 unspecified atom stereocenters. The SMILES string of the molecule is CCCCCCCCOC(=O)[C@@H]1[C@@H](C(=O)OCCCCCCCC)N2[C@H](c3ccc(C)cc3)[C@H](C(=O)OCCCCCCCC)[C@H](C(=O)OCCCCCCCC)N2[C@@H]1c1ccc(C)cc1. The van der Waals surface area contributed by atoms with Crippen molar-refractivity contribution in [3.63, 3.8) is 0 Å². The molecule has 0 saturated carbocycles. The standard InChI is InChI=1S/C56H88N2O8/c1-7-11-15-19-23-27-39-63-53(59)47-49(45-35-31-43(5)32-36-45)57-52(56(62)66-42-30-26-22-18-14-10-4)48(54(60)64-40-28-24-20-16-12-8-2)50(46-37-33-44(6)34-38-46)58(57)51(47)55(61)65-41-29-25-21-17-13-9-3/h31-38,47-52H,7-30,39-42H2,1-6H3/t47-,48-,49+,50+,51-,52+/m0/s1. The van der Waals surface area contributed by atoms with Gasteiger partial charge in [0.2, 0.25) is 0 Å². The van der Waals surface area contributed by atoms with Crippen LogP contribution in [0.3, 0.4) is 0 Å². The fourth-order valence-corrected chi connectivity index (χ4v) is 9.78. The Balaban J connectivity index is 1.83. The van der Waals surface area contributed by atoms with Crippen molar-refractivity contribution < 1.29 is 38.1 Å². The second kappa shape index (κ2) is 31.3. The minimum absolute atomic E-state index is 0.201. The third-order valence-electron chi connectivity index (χ3n) is 13.6. The number of carbonyl (C=O) groups excluding carboxylic acids is 4. The van der Waals surface area contributed by atoms with Crippen LogP contribution in [0.4, 0.5) is 0 Å². The van der Waals surface area contributed by atoms with Crippen molar-refractivity contribution >= 4 is 23.9 Å². The summed E-state index contributed by atoms with van der Waals surface area (Å²) >= 11 is 0. The van der Waals surface area contributed by atoms with Gasteiger partial charge in [-0.25, -0.2) is 10.0 Å².